The molecular weight excluding hydrogens is 392 g/mol. The molecule has 32 heavy (non-hydrogen) atoms. The summed E-state index contributed by atoms with van der Waals surface area (Å²) in [6, 6.07) is 18.4. The summed E-state index contributed by atoms with van der Waals surface area (Å²) in [6.07, 6.45) is 1.81. The summed E-state index contributed by atoms with van der Waals surface area (Å²) in [5.74, 6) is 0.251. The van der Waals surface area contributed by atoms with Gasteiger partial charge in [-0.2, -0.15) is 0 Å². The van der Waals surface area contributed by atoms with Gasteiger partial charge in [-0.05, 0) is 97.0 Å². The average Bonchev–Trinajstić information content (AvgIpc) is 3.01. The topological polar surface area (TPSA) is 23.6 Å². The summed E-state index contributed by atoms with van der Waals surface area (Å²) < 4.78 is 0. The first-order chi connectivity index (χ1) is 15.1. The molecule has 1 aliphatic carbocycles. The number of fused-ring (bicyclic) bond motifs is 3. The fourth-order valence-corrected chi connectivity index (χ4v) is 5.86. The van der Waals surface area contributed by atoms with Gasteiger partial charge in [-0.25, -0.2) is 0 Å². The molecule has 0 aliphatic heterocycles. The first kappa shape index (κ1) is 24.5. The highest BCUT2D eigenvalue weighted by molar-refractivity contribution is 6.00. The second kappa shape index (κ2) is 9.79. The van der Waals surface area contributed by atoms with Crippen molar-refractivity contribution in [2.75, 3.05) is 6.54 Å². The minimum absolute atomic E-state index is 0.155. The van der Waals surface area contributed by atoms with Gasteiger partial charge in [-0.15, -0.1) is 0 Å². The van der Waals surface area contributed by atoms with Gasteiger partial charge in [-0.1, -0.05) is 48.5 Å². The molecule has 0 radical (unpaired) electrons. The van der Waals surface area contributed by atoms with Gasteiger partial charge in [0.05, 0.1) is 0 Å². The number of carbonyl (C=O) groups excluding carboxylic acids is 1. The van der Waals surface area contributed by atoms with E-state index in [1.54, 1.807) is 0 Å². The van der Waals surface area contributed by atoms with Crippen molar-refractivity contribution in [3.63, 3.8) is 0 Å². The maximum Gasteiger partial charge on any atom is 0.238 e. The Balaban J connectivity index is 2.12. The Kier molecular flexibility index (Phi) is 7.50. The molecule has 3 rings (SSSR count). The van der Waals surface area contributed by atoms with Gasteiger partial charge in [0, 0.05) is 24.2 Å². The van der Waals surface area contributed by atoms with Crippen LogP contribution in [0, 0.1) is 0 Å². The van der Waals surface area contributed by atoms with E-state index >= 15 is 0 Å². The molecule has 0 aromatic heterocycles. The first-order valence-corrected chi connectivity index (χ1v) is 12.4. The van der Waals surface area contributed by atoms with Crippen LogP contribution in [0.4, 0.5) is 0 Å². The molecule has 0 bridgehead atoms. The van der Waals surface area contributed by atoms with E-state index in [-0.39, 0.29) is 18.0 Å². The minimum atomic E-state index is -0.624. The molecule has 0 saturated carbocycles. The van der Waals surface area contributed by atoms with Crippen LogP contribution >= 0.6 is 0 Å². The Morgan fingerprint density at radius 2 is 1.16 bits per heavy atom. The van der Waals surface area contributed by atoms with Crippen LogP contribution in [-0.2, 0) is 10.2 Å². The van der Waals surface area contributed by atoms with Crippen LogP contribution in [-0.4, -0.2) is 46.4 Å². The molecule has 2 aromatic rings. The van der Waals surface area contributed by atoms with Gasteiger partial charge in [0.1, 0.15) is 5.41 Å². The fourth-order valence-electron chi connectivity index (χ4n) is 5.86. The van der Waals surface area contributed by atoms with Crippen LogP contribution < -0.4 is 0 Å². The predicted molar refractivity (Wildman–Crippen MR) is 136 cm³/mol. The van der Waals surface area contributed by atoms with E-state index in [0.717, 1.165) is 19.4 Å². The van der Waals surface area contributed by atoms with E-state index in [1.807, 2.05) is 0 Å². The van der Waals surface area contributed by atoms with Crippen molar-refractivity contribution in [3.8, 4) is 11.1 Å². The van der Waals surface area contributed by atoms with Crippen LogP contribution in [0.25, 0.3) is 11.1 Å². The summed E-state index contributed by atoms with van der Waals surface area (Å²) in [6.45, 7) is 18.6. The van der Waals surface area contributed by atoms with Gasteiger partial charge < -0.3 is 4.90 Å². The molecular formula is C29H42N2O. The third-order valence-corrected chi connectivity index (χ3v) is 7.07. The second-order valence-corrected chi connectivity index (χ2v) is 10.4. The number of amides is 1. The van der Waals surface area contributed by atoms with E-state index in [0.29, 0.717) is 12.1 Å². The lowest BCUT2D eigenvalue weighted by Gasteiger charge is -2.41. The molecule has 0 fully saturated rings. The molecule has 0 N–H and O–H groups in total. The Labute approximate surface area is 195 Å². The minimum Gasteiger partial charge on any atom is -0.337 e. The van der Waals surface area contributed by atoms with Crippen molar-refractivity contribution < 1.29 is 4.79 Å². The summed E-state index contributed by atoms with van der Waals surface area (Å²) in [5.41, 5.74) is 4.17. The summed E-state index contributed by atoms with van der Waals surface area (Å²) in [5, 5.41) is 0. The molecule has 3 nitrogen and oxygen atoms in total. The Bertz CT molecular complexity index is 867. The lowest BCUT2D eigenvalue weighted by molar-refractivity contribution is -0.139. The number of hydrogen-bond acceptors (Lipinski definition) is 2. The van der Waals surface area contributed by atoms with Gasteiger partial charge >= 0.3 is 0 Å². The first-order valence-electron chi connectivity index (χ1n) is 12.4. The van der Waals surface area contributed by atoms with E-state index < -0.39 is 5.41 Å². The highest BCUT2D eigenvalue weighted by Gasteiger charge is 2.51. The Morgan fingerprint density at radius 3 is 1.56 bits per heavy atom. The largest absolute Gasteiger partial charge is 0.337 e. The van der Waals surface area contributed by atoms with Gasteiger partial charge in [0.15, 0.2) is 0 Å². The third-order valence-electron chi connectivity index (χ3n) is 7.07. The zero-order chi connectivity index (χ0) is 23.6. The van der Waals surface area contributed by atoms with Gasteiger partial charge in [0.2, 0.25) is 5.91 Å². The SMILES string of the molecule is CC(C)N(CCCC1(C(=O)N(C(C)C)C(C)C)c2ccccc2-c2ccccc21)C(C)C. The van der Waals surface area contributed by atoms with E-state index in [2.05, 4.69) is 114 Å². The van der Waals surface area contributed by atoms with Gasteiger partial charge in [0.25, 0.3) is 0 Å². The number of benzene rings is 2. The van der Waals surface area contributed by atoms with Crippen LogP contribution in [0.5, 0.6) is 0 Å². The van der Waals surface area contributed by atoms with Crippen molar-refractivity contribution in [1.82, 2.24) is 9.80 Å². The molecule has 1 amide bonds. The zero-order valence-electron chi connectivity index (χ0n) is 21.4. The molecule has 0 spiro atoms. The molecule has 0 heterocycles. The molecule has 0 saturated heterocycles. The Hall–Kier alpha value is -2.13. The molecule has 3 heteroatoms. The average molecular weight is 435 g/mol. The summed E-state index contributed by atoms with van der Waals surface area (Å²) in [7, 11) is 0. The van der Waals surface area contributed by atoms with Crippen molar-refractivity contribution in [3.05, 3.63) is 59.7 Å². The third kappa shape index (κ3) is 4.24. The fraction of sp³-hybridized carbons (Fsp3) is 0.552. The van der Waals surface area contributed by atoms with Crippen LogP contribution in [0.1, 0.15) is 79.4 Å². The molecule has 1 aliphatic rings. The van der Waals surface area contributed by atoms with Crippen LogP contribution in [0.15, 0.2) is 48.5 Å². The summed E-state index contributed by atoms with van der Waals surface area (Å²) >= 11 is 0. The van der Waals surface area contributed by atoms with E-state index in [1.165, 1.54) is 22.3 Å². The maximum absolute atomic E-state index is 14.5. The maximum atomic E-state index is 14.5. The number of carbonyl (C=O) groups is 1. The molecule has 174 valence electrons. The number of hydrogen-bond donors (Lipinski definition) is 0. The number of nitrogens with zero attached hydrogens (tertiary/aromatic N) is 2. The molecule has 0 atom stereocenters. The monoisotopic (exact) mass is 434 g/mol. The normalized spacial score (nSPS) is 14.5. The van der Waals surface area contributed by atoms with E-state index in [9.17, 15) is 4.79 Å². The Morgan fingerprint density at radius 1 is 0.719 bits per heavy atom. The summed E-state index contributed by atoms with van der Waals surface area (Å²) in [4.78, 5) is 19.2. The molecule has 2 aromatic carbocycles. The van der Waals surface area contributed by atoms with E-state index in [4.69, 9.17) is 0 Å². The second-order valence-electron chi connectivity index (χ2n) is 10.4. The lowest BCUT2D eigenvalue weighted by Crippen LogP contribution is -2.52. The molecule has 0 unspecified atom stereocenters. The van der Waals surface area contributed by atoms with Crippen LogP contribution in [0.2, 0.25) is 0 Å². The quantitative estimate of drug-likeness (QED) is 0.450. The highest BCUT2D eigenvalue weighted by atomic mass is 16.2. The highest BCUT2D eigenvalue weighted by Crippen LogP contribution is 2.52. The van der Waals surface area contributed by atoms with Crippen molar-refractivity contribution in [1.29, 1.82) is 0 Å². The smallest absolute Gasteiger partial charge is 0.238 e. The lowest BCUT2D eigenvalue weighted by atomic mass is 9.72. The van der Waals surface area contributed by atoms with Gasteiger partial charge in [-0.3, -0.25) is 9.69 Å². The zero-order valence-corrected chi connectivity index (χ0v) is 21.4. The number of rotatable bonds is 9. The van der Waals surface area contributed by atoms with Crippen molar-refractivity contribution >= 4 is 5.91 Å². The van der Waals surface area contributed by atoms with Crippen molar-refractivity contribution in [2.45, 2.75) is 97.8 Å². The van der Waals surface area contributed by atoms with Crippen molar-refractivity contribution in [2.24, 2.45) is 0 Å². The standard InChI is InChI=1S/C29H42N2O/c1-20(2)30(21(3)4)19-13-18-29(28(32)31(22(5)6)23(7)8)26-16-11-9-14-24(26)25-15-10-12-17-27(25)29/h9-12,14-17,20-23H,13,18-19H2,1-8H3. The predicted octanol–water partition coefficient (Wildman–Crippen LogP) is 6.50. The van der Waals surface area contributed by atoms with Crippen LogP contribution in [0.3, 0.4) is 0 Å².